The maximum Gasteiger partial charge on any atom is 0.0638 e. The van der Waals surface area contributed by atoms with Crippen LogP contribution >= 0.6 is 11.6 Å². The molecule has 1 fully saturated rings. The summed E-state index contributed by atoms with van der Waals surface area (Å²) in [5.41, 5.74) is 3.85. The number of hydrogen-bond donors (Lipinski definition) is 0. The summed E-state index contributed by atoms with van der Waals surface area (Å²) in [4.78, 5) is 0. The second-order valence-electron chi connectivity index (χ2n) is 4.39. The van der Waals surface area contributed by atoms with Crippen LogP contribution in [-0.2, 0) is 4.74 Å². The molecule has 0 spiro atoms. The lowest BCUT2D eigenvalue weighted by atomic mass is 9.94. The molecule has 0 aromatic heterocycles. The highest BCUT2D eigenvalue weighted by Crippen LogP contribution is 2.35. The molecule has 82 valence electrons. The Morgan fingerprint density at radius 3 is 2.80 bits per heavy atom. The Bertz CT molecular complexity index is 342. The van der Waals surface area contributed by atoms with Gasteiger partial charge in [0.25, 0.3) is 0 Å². The van der Waals surface area contributed by atoms with Gasteiger partial charge in [-0.1, -0.05) is 23.8 Å². The lowest BCUT2D eigenvalue weighted by Crippen LogP contribution is -2.09. The van der Waals surface area contributed by atoms with Crippen LogP contribution in [0.15, 0.2) is 18.2 Å². The van der Waals surface area contributed by atoms with Crippen molar-refractivity contribution in [2.45, 2.75) is 25.6 Å². The van der Waals surface area contributed by atoms with Crippen LogP contribution in [0.4, 0.5) is 0 Å². The first-order valence-corrected chi connectivity index (χ1v) is 5.91. The summed E-state index contributed by atoms with van der Waals surface area (Å²) in [5, 5.41) is 0.105. The zero-order chi connectivity index (χ0) is 10.8. The normalized spacial score (nSPS) is 23.0. The van der Waals surface area contributed by atoms with Gasteiger partial charge in [-0.3, -0.25) is 0 Å². The van der Waals surface area contributed by atoms with E-state index < -0.39 is 0 Å². The van der Waals surface area contributed by atoms with E-state index in [-0.39, 0.29) is 5.38 Å². The molecule has 0 amide bonds. The van der Waals surface area contributed by atoms with Crippen LogP contribution in [0.2, 0.25) is 0 Å². The van der Waals surface area contributed by atoms with E-state index in [2.05, 4.69) is 32.0 Å². The van der Waals surface area contributed by atoms with Gasteiger partial charge in [-0.2, -0.15) is 0 Å². The molecule has 2 unspecified atom stereocenters. The van der Waals surface area contributed by atoms with Crippen LogP contribution in [0.3, 0.4) is 0 Å². The third-order valence-electron chi connectivity index (χ3n) is 3.10. The minimum atomic E-state index is 0.105. The molecular formula is C13H17ClO. The van der Waals surface area contributed by atoms with E-state index in [0.717, 1.165) is 19.6 Å². The summed E-state index contributed by atoms with van der Waals surface area (Å²) in [6.45, 7) is 5.91. The highest BCUT2D eigenvalue weighted by atomic mass is 35.5. The third kappa shape index (κ3) is 2.35. The lowest BCUT2D eigenvalue weighted by Gasteiger charge is -2.18. The summed E-state index contributed by atoms with van der Waals surface area (Å²) < 4.78 is 5.38. The number of hydrogen-bond acceptors (Lipinski definition) is 1. The van der Waals surface area contributed by atoms with Gasteiger partial charge in [0.2, 0.25) is 0 Å². The van der Waals surface area contributed by atoms with Crippen LogP contribution in [0.1, 0.15) is 28.5 Å². The Kier molecular flexibility index (Phi) is 3.32. The van der Waals surface area contributed by atoms with Crippen molar-refractivity contribution in [1.29, 1.82) is 0 Å². The number of rotatable bonds is 2. The minimum Gasteiger partial charge on any atom is -0.381 e. The summed E-state index contributed by atoms with van der Waals surface area (Å²) in [5.74, 6) is 0.480. The van der Waals surface area contributed by atoms with Gasteiger partial charge in [0.05, 0.1) is 12.0 Å². The quantitative estimate of drug-likeness (QED) is 0.698. The first kappa shape index (κ1) is 11.0. The number of ether oxygens (including phenoxy) is 1. The van der Waals surface area contributed by atoms with E-state index in [1.165, 1.54) is 16.7 Å². The molecule has 2 rings (SSSR count). The zero-order valence-electron chi connectivity index (χ0n) is 9.29. The SMILES string of the molecule is Cc1ccc(C(Cl)C2CCOC2)c(C)c1. The number of alkyl halides is 1. The predicted octanol–water partition coefficient (Wildman–Crippen LogP) is 3.62. The third-order valence-corrected chi connectivity index (χ3v) is 3.69. The Morgan fingerprint density at radius 1 is 1.40 bits per heavy atom. The van der Waals surface area contributed by atoms with E-state index in [0.29, 0.717) is 5.92 Å². The molecule has 15 heavy (non-hydrogen) atoms. The fraction of sp³-hybridized carbons (Fsp3) is 0.538. The second-order valence-corrected chi connectivity index (χ2v) is 4.86. The van der Waals surface area contributed by atoms with Gasteiger partial charge in [0.15, 0.2) is 0 Å². The monoisotopic (exact) mass is 224 g/mol. The highest BCUT2D eigenvalue weighted by molar-refractivity contribution is 6.21. The molecule has 0 radical (unpaired) electrons. The van der Waals surface area contributed by atoms with Gasteiger partial charge in [-0.05, 0) is 31.4 Å². The van der Waals surface area contributed by atoms with Crippen LogP contribution in [0.25, 0.3) is 0 Å². The fourth-order valence-corrected chi connectivity index (χ4v) is 2.62. The van der Waals surface area contributed by atoms with Crippen molar-refractivity contribution in [3.8, 4) is 0 Å². The Balaban J connectivity index is 2.20. The van der Waals surface area contributed by atoms with E-state index in [4.69, 9.17) is 16.3 Å². The standard InChI is InChI=1S/C13H17ClO/c1-9-3-4-12(10(2)7-9)13(14)11-5-6-15-8-11/h3-4,7,11,13H,5-6,8H2,1-2H3. The molecular weight excluding hydrogens is 208 g/mol. The predicted molar refractivity (Wildman–Crippen MR) is 63.4 cm³/mol. The molecule has 0 N–H and O–H groups in total. The maximum absolute atomic E-state index is 6.49. The van der Waals surface area contributed by atoms with Gasteiger partial charge in [-0.15, -0.1) is 11.6 Å². The average molecular weight is 225 g/mol. The van der Waals surface area contributed by atoms with Crippen LogP contribution in [-0.4, -0.2) is 13.2 Å². The van der Waals surface area contributed by atoms with E-state index in [1.807, 2.05) is 0 Å². The van der Waals surface area contributed by atoms with Crippen LogP contribution < -0.4 is 0 Å². The topological polar surface area (TPSA) is 9.23 Å². The first-order chi connectivity index (χ1) is 7.18. The molecule has 1 saturated heterocycles. The van der Waals surface area contributed by atoms with Crippen molar-refractivity contribution >= 4 is 11.6 Å². The van der Waals surface area contributed by atoms with E-state index in [9.17, 15) is 0 Å². The molecule has 0 aliphatic carbocycles. The number of aryl methyl sites for hydroxylation is 2. The number of halogens is 1. The molecule has 1 aromatic carbocycles. The van der Waals surface area contributed by atoms with Crippen molar-refractivity contribution in [3.63, 3.8) is 0 Å². The summed E-state index contributed by atoms with van der Waals surface area (Å²) >= 11 is 6.49. The van der Waals surface area contributed by atoms with Crippen molar-refractivity contribution < 1.29 is 4.74 Å². The lowest BCUT2D eigenvalue weighted by molar-refractivity contribution is 0.185. The second kappa shape index (κ2) is 4.54. The first-order valence-electron chi connectivity index (χ1n) is 5.47. The summed E-state index contributed by atoms with van der Waals surface area (Å²) in [6.07, 6.45) is 1.08. The molecule has 0 bridgehead atoms. The Labute approximate surface area is 96.4 Å². The van der Waals surface area contributed by atoms with Crippen molar-refractivity contribution in [1.82, 2.24) is 0 Å². The Morgan fingerprint density at radius 2 is 2.20 bits per heavy atom. The van der Waals surface area contributed by atoms with E-state index >= 15 is 0 Å². The molecule has 1 aromatic rings. The maximum atomic E-state index is 6.49. The molecule has 1 heterocycles. The number of benzene rings is 1. The van der Waals surface area contributed by atoms with Gasteiger partial charge >= 0.3 is 0 Å². The molecule has 0 saturated carbocycles. The molecule has 1 aliphatic heterocycles. The molecule has 1 aliphatic rings. The fourth-order valence-electron chi connectivity index (χ4n) is 2.17. The van der Waals surface area contributed by atoms with Gasteiger partial charge < -0.3 is 4.74 Å². The highest BCUT2D eigenvalue weighted by Gasteiger charge is 2.26. The van der Waals surface area contributed by atoms with Crippen LogP contribution in [0, 0.1) is 19.8 Å². The molecule has 2 heteroatoms. The molecule has 1 nitrogen and oxygen atoms in total. The van der Waals surface area contributed by atoms with Gasteiger partial charge in [0.1, 0.15) is 0 Å². The minimum absolute atomic E-state index is 0.105. The smallest absolute Gasteiger partial charge is 0.0638 e. The summed E-state index contributed by atoms with van der Waals surface area (Å²) in [7, 11) is 0. The average Bonchev–Trinajstić information content (AvgIpc) is 2.69. The Hall–Kier alpha value is -0.530. The zero-order valence-corrected chi connectivity index (χ0v) is 10.1. The van der Waals surface area contributed by atoms with Gasteiger partial charge in [-0.25, -0.2) is 0 Å². The van der Waals surface area contributed by atoms with Crippen molar-refractivity contribution in [2.24, 2.45) is 5.92 Å². The van der Waals surface area contributed by atoms with Gasteiger partial charge in [0, 0.05) is 12.5 Å². The van der Waals surface area contributed by atoms with Crippen molar-refractivity contribution in [2.75, 3.05) is 13.2 Å². The van der Waals surface area contributed by atoms with E-state index in [1.54, 1.807) is 0 Å². The van der Waals surface area contributed by atoms with Crippen LogP contribution in [0.5, 0.6) is 0 Å². The van der Waals surface area contributed by atoms with Crippen molar-refractivity contribution in [3.05, 3.63) is 34.9 Å². The summed E-state index contributed by atoms with van der Waals surface area (Å²) in [6, 6.07) is 6.48. The largest absolute Gasteiger partial charge is 0.381 e. The molecule has 2 atom stereocenters.